The highest BCUT2D eigenvalue weighted by molar-refractivity contribution is 8.06. The molecule has 0 bridgehead atoms. The zero-order valence-corrected chi connectivity index (χ0v) is 45.9. The molecule has 416 valence electrons. The lowest BCUT2D eigenvalue weighted by atomic mass is 9.95. The van der Waals surface area contributed by atoms with Gasteiger partial charge in [0.25, 0.3) is 0 Å². The maximum Gasteiger partial charge on any atom is 0.227 e. The number of anilines is 2. The fourth-order valence-electron chi connectivity index (χ4n) is 8.92. The average molecular weight is 1110 g/mol. The molecule has 1 aliphatic heterocycles. The number of carbonyl (C=O) groups is 2. The van der Waals surface area contributed by atoms with E-state index in [1.165, 1.54) is 6.07 Å². The lowest BCUT2D eigenvalue weighted by Crippen LogP contribution is -2.33. The van der Waals surface area contributed by atoms with Gasteiger partial charge in [-0.25, -0.2) is 9.67 Å². The van der Waals surface area contributed by atoms with Gasteiger partial charge in [0.15, 0.2) is 11.0 Å². The van der Waals surface area contributed by atoms with E-state index < -0.39 is 6.72 Å². The van der Waals surface area contributed by atoms with Gasteiger partial charge >= 0.3 is 0 Å². The molecule has 1 unspecified atom stereocenters. The molecular formula is C56H68N8O12PS-. The molecule has 3 aromatic heterocycles. The Balaban J connectivity index is 0.670. The Hall–Kier alpha value is -6.23. The Morgan fingerprint density at radius 2 is 1.47 bits per heavy atom. The van der Waals surface area contributed by atoms with Crippen molar-refractivity contribution in [3.05, 3.63) is 113 Å². The summed E-state index contributed by atoms with van der Waals surface area (Å²) in [5.74, 6) is 0.132. The predicted octanol–water partition coefficient (Wildman–Crippen LogP) is 7.42. The quantitative estimate of drug-likeness (QED) is 0.0301. The molecule has 20 nitrogen and oxygen atoms in total. The van der Waals surface area contributed by atoms with Crippen molar-refractivity contribution in [3.8, 4) is 33.8 Å². The van der Waals surface area contributed by atoms with E-state index in [1.807, 2.05) is 90.6 Å². The molecule has 22 heteroatoms. The van der Waals surface area contributed by atoms with E-state index in [0.29, 0.717) is 132 Å². The van der Waals surface area contributed by atoms with Crippen LogP contribution in [0.25, 0.3) is 55.8 Å². The van der Waals surface area contributed by atoms with Crippen LogP contribution in [0, 0.1) is 0 Å². The number of amides is 2. The average Bonchev–Trinajstić information content (AvgIpc) is 4.22. The molecule has 0 fully saturated rings. The lowest BCUT2D eigenvalue weighted by Gasteiger charge is -2.28. The van der Waals surface area contributed by atoms with Crippen molar-refractivity contribution in [3.63, 3.8) is 0 Å². The van der Waals surface area contributed by atoms with Crippen LogP contribution in [-0.4, -0.2) is 136 Å². The van der Waals surface area contributed by atoms with Crippen LogP contribution in [0.3, 0.4) is 0 Å². The summed E-state index contributed by atoms with van der Waals surface area (Å²) in [4.78, 5) is 62.7. The van der Waals surface area contributed by atoms with E-state index in [0.717, 1.165) is 58.4 Å². The summed E-state index contributed by atoms with van der Waals surface area (Å²) in [6.07, 6.45) is 4.83. The number of benzene rings is 4. The molecule has 0 saturated carbocycles. The second-order valence-electron chi connectivity index (χ2n) is 18.4. The Bertz CT molecular complexity index is 3150. The first kappa shape index (κ1) is 57.9. The molecule has 4 aromatic carbocycles. The molecule has 1 atom stereocenters. The predicted molar refractivity (Wildman–Crippen MR) is 300 cm³/mol. The van der Waals surface area contributed by atoms with E-state index in [9.17, 15) is 19.3 Å². The molecule has 78 heavy (non-hydrogen) atoms. The van der Waals surface area contributed by atoms with Crippen molar-refractivity contribution in [2.45, 2.75) is 58.5 Å². The summed E-state index contributed by atoms with van der Waals surface area (Å²) in [5, 5.41) is 12.6. The van der Waals surface area contributed by atoms with Crippen LogP contribution in [0.15, 0.2) is 107 Å². The molecular weight excluding hydrogens is 1040 g/mol. The third kappa shape index (κ3) is 16.2. The van der Waals surface area contributed by atoms with Crippen LogP contribution >= 0.6 is 6.72 Å². The smallest absolute Gasteiger partial charge is 0.227 e. The minimum atomic E-state index is -3.40. The number of aromatic amines is 1. The largest absolute Gasteiger partial charge is 0.780 e. The number of nitrogens with zero attached hydrogens (tertiary/aromatic N) is 6. The van der Waals surface area contributed by atoms with E-state index in [2.05, 4.69) is 30.5 Å². The van der Waals surface area contributed by atoms with Crippen molar-refractivity contribution in [2.75, 3.05) is 109 Å². The first-order valence-corrected chi connectivity index (χ1v) is 29.0. The van der Waals surface area contributed by atoms with Crippen LogP contribution in [0.1, 0.15) is 51.0 Å². The van der Waals surface area contributed by atoms with Gasteiger partial charge in [0, 0.05) is 61.4 Å². The molecule has 8 rings (SSSR count). The molecule has 1 aliphatic rings. The number of unbranched alkanes of at least 4 members (excludes halogenated alkanes) is 3. The van der Waals surface area contributed by atoms with E-state index >= 15 is 0 Å². The zero-order valence-electron chi connectivity index (χ0n) is 44.2. The van der Waals surface area contributed by atoms with Gasteiger partial charge in [-0.3, -0.25) is 14.4 Å². The standard InChI is InChI=1S/C56H69N8O12PS/c1-3-74-77(68,78)75-27-11-5-4-10-24-57-51(66)22-23-52(67)63-39-42-12-6-7-13-44(42)55-53(45-14-8-9-15-48(45)63)60-61-64(55)26-29-70-31-33-72-35-37-73-36-34-71-32-30-69-28-25-62(2)43-18-16-41(17-19-43)50-38-49(65)46-20-21-47-54(56(46)76-50)59-40-58-47/h6-9,12-21,38,40H,3-5,10-11,22-37,39H2,1-2H3,(H,57,66)(H,58,59)(H,68,78)/p-1. The van der Waals surface area contributed by atoms with Crippen molar-refractivity contribution >= 4 is 63.7 Å². The van der Waals surface area contributed by atoms with Crippen LogP contribution in [0.5, 0.6) is 0 Å². The Morgan fingerprint density at radius 1 is 0.795 bits per heavy atom. The summed E-state index contributed by atoms with van der Waals surface area (Å²) >= 11 is 4.82. The van der Waals surface area contributed by atoms with Gasteiger partial charge < -0.3 is 62.1 Å². The number of para-hydroxylation sites is 1. The van der Waals surface area contributed by atoms with E-state index in [-0.39, 0.29) is 43.3 Å². The van der Waals surface area contributed by atoms with E-state index in [1.54, 1.807) is 24.2 Å². The highest BCUT2D eigenvalue weighted by Gasteiger charge is 2.29. The number of imidazole rings is 1. The van der Waals surface area contributed by atoms with Crippen molar-refractivity contribution in [2.24, 2.45) is 0 Å². The number of H-pyrrole nitrogens is 1. The number of nitrogens with one attached hydrogen (secondary N) is 2. The van der Waals surface area contributed by atoms with Crippen LogP contribution in [0.2, 0.25) is 0 Å². The number of likely N-dealkylation sites (N-methyl/N-ethyl adjacent to an activating group) is 1. The molecule has 0 saturated heterocycles. The number of hydrogen-bond acceptors (Lipinski definition) is 17. The van der Waals surface area contributed by atoms with Gasteiger partial charge in [0.2, 0.25) is 11.8 Å². The number of aromatic nitrogens is 5. The second-order valence-corrected chi connectivity index (χ2v) is 21.1. The lowest BCUT2D eigenvalue weighted by molar-refractivity contribution is -0.206. The molecule has 7 aromatic rings. The first-order valence-electron chi connectivity index (χ1n) is 26.5. The Labute approximate surface area is 458 Å². The van der Waals surface area contributed by atoms with Crippen molar-refractivity contribution in [1.29, 1.82) is 0 Å². The number of hydrogen-bond donors (Lipinski definition) is 2. The topological polar surface area (TPSA) is 230 Å². The molecule has 0 aliphatic carbocycles. The van der Waals surface area contributed by atoms with Crippen molar-refractivity contribution < 1.29 is 51.6 Å². The van der Waals surface area contributed by atoms with Crippen LogP contribution in [0.4, 0.5) is 11.4 Å². The normalized spacial score (nSPS) is 12.9. The summed E-state index contributed by atoms with van der Waals surface area (Å²) < 4.78 is 46.9. The highest BCUT2D eigenvalue weighted by atomic mass is 32.5. The van der Waals surface area contributed by atoms with Gasteiger partial charge in [0.1, 0.15) is 23.7 Å². The fourth-order valence-corrected chi connectivity index (χ4v) is 10.2. The van der Waals surface area contributed by atoms with Crippen molar-refractivity contribution in [1.82, 2.24) is 30.3 Å². The van der Waals surface area contributed by atoms with Gasteiger partial charge in [0.05, 0.1) is 121 Å². The monoisotopic (exact) mass is 1110 g/mol. The summed E-state index contributed by atoms with van der Waals surface area (Å²) in [6.45, 7) is 5.15. The minimum absolute atomic E-state index is 0.0394. The molecule has 0 spiro atoms. The molecule has 2 N–H and O–H groups in total. The number of carbonyl (C=O) groups excluding carboxylic acids is 2. The third-order valence-corrected chi connectivity index (χ3v) is 14.7. The zero-order chi connectivity index (χ0) is 54.5. The summed E-state index contributed by atoms with van der Waals surface area (Å²) in [6, 6.07) is 28.5. The van der Waals surface area contributed by atoms with Crippen LogP contribution in [-0.2, 0) is 67.2 Å². The second kappa shape index (κ2) is 29.7. The minimum Gasteiger partial charge on any atom is -0.780 e. The number of rotatable bonds is 33. The third-order valence-electron chi connectivity index (χ3n) is 13.0. The summed E-state index contributed by atoms with van der Waals surface area (Å²) in [7, 11) is 2.00. The molecule has 4 heterocycles. The highest BCUT2D eigenvalue weighted by Crippen LogP contribution is 2.41. The van der Waals surface area contributed by atoms with Gasteiger partial charge in [-0.2, -0.15) is 0 Å². The Kier molecular flexibility index (Phi) is 22.0. The van der Waals surface area contributed by atoms with E-state index in [4.69, 9.17) is 49.0 Å². The molecule has 2 amide bonds. The van der Waals surface area contributed by atoms with Gasteiger partial charge in [-0.05, 0) is 67.8 Å². The maximum atomic E-state index is 13.9. The fraction of sp³-hybridized carbons (Fsp3) is 0.429. The van der Waals surface area contributed by atoms with Crippen LogP contribution < -0.4 is 25.4 Å². The van der Waals surface area contributed by atoms with Gasteiger partial charge in [-0.1, -0.05) is 72.3 Å². The summed E-state index contributed by atoms with van der Waals surface area (Å²) in [5.41, 5.74) is 8.42. The maximum absolute atomic E-state index is 13.9. The Morgan fingerprint density at radius 3 is 2.22 bits per heavy atom. The molecule has 0 radical (unpaired) electrons. The SMILES string of the molecule is CCOP([O-])(=S)OCCCCCCNC(=O)CCC(=O)N1Cc2ccccc2-c2c(nnn2CCOCCOCCOCCOCCOCCN(C)c2ccc(-c3cc(=O)c4ccc5[nH]cnc5c4o3)cc2)-c2ccccc21. The number of fused-ring (bicyclic) bond motifs is 8. The number of ether oxygens (including phenoxy) is 5. The van der Waals surface area contributed by atoms with Gasteiger partial charge in [-0.15, -0.1) is 5.10 Å². The first-order chi connectivity index (χ1) is 38.1.